The van der Waals surface area contributed by atoms with Crippen LogP contribution in [0.5, 0.6) is 0 Å². The van der Waals surface area contributed by atoms with Gasteiger partial charge >= 0.3 is 0 Å². The van der Waals surface area contributed by atoms with Crippen LogP contribution in [0.3, 0.4) is 0 Å². The van der Waals surface area contributed by atoms with E-state index in [1.165, 1.54) is 25.7 Å². The molecule has 0 aromatic heterocycles. The quantitative estimate of drug-likeness (QED) is 0.521. The Balaban J connectivity index is 2.36. The average molecular weight is 190 g/mol. The zero-order chi connectivity index (χ0) is 10.4. The Bertz CT molecular complexity index is 278. The Hall–Kier alpha value is -0.235. The second-order valence-corrected chi connectivity index (χ2v) is 5.01. The van der Waals surface area contributed by atoms with E-state index in [1.54, 1.807) is 11.1 Å². The lowest BCUT2D eigenvalue weighted by atomic mass is 9.58. The van der Waals surface area contributed by atoms with Gasteiger partial charge in [0.25, 0.3) is 0 Å². The highest BCUT2D eigenvalue weighted by Crippen LogP contribution is 2.48. The molecule has 2 aliphatic rings. The minimum Gasteiger partial charge on any atom is -0.306 e. The highest BCUT2D eigenvalue weighted by molar-refractivity contribution is 6.40. The van der Waals surface area contributed by atoms with Crippen LogP contribution in [0.2, 0.25) is 6.82 Å². The molecule has 77 valence electrons. The van der Waals surface area contributed by atoms with Crippen molar-refractivity contribution in [3.8, 4) is 0 Å². The van der Waals surface area contributed by atoms with Gasteiger partial charge in [0.2, 0.25) is 0 Å². The number of hydrogen-bond acceptors (Lipinski definition) is 1. The molecule has 1 saturated carbocycles. The van der Waals surface area contributed by atoms with Crippen molar-refractivity contribution in [2.45, 2.75) is 64.3 Å². The Morgan fingerprint density at radius 2 is 2.07 bits per heavy atom. The summed E-state index contributed by atoms with van der Waals surface area (Å²) in [6, 6.07) is 0. The first kappa shape index (κ1) is 10.3. The number of nitrogens with one attached hydrogen (secondary N) is 1. The van der Waals surface area contributed by atoms with Gasteiger partial charge in [-0.1, -0.05) is 31.8 Å². The molecule has 1 N–H and O–H groups in total. The molecule has 0 amide bonds. The summed E-state index contributed by atoms with van der Waals surface area (Å²) in [4.78, 5) is 0. The smallest absolute Gasteiger partial charge is 0.139 e. The van der Waals surface area contributed by atoms with Crippen LogP contribution in [0, 0.1) is 0 Å². The van der Waals surface area contributed by atoms with E-state index in [0.717, 1.165) is 0 Å². The van der Waals surface area contributed by atoms with E-state index in [4.69, 9.17) is 0 Å². The molecule has 1 spiro atoms. The lowest BCUT2D eigenvalue weighted by Crippen LogP contribution is -2.57. The molecule has 1 atom stereocenters. The van der Waals surface area contributed by atoms with Crippen LogP contribution in [0.4, 0.5) is 0 Å². The zero-order valence-corrected chi connectivity index (χ0v) is 9.91. The van der Waals surface area contributed by atoms with Crippen LogP contribution in [0.25, 0.3) is 0 Å². The summed E-state index contributed by atoms with van der Waals surface area (Å²) in [6.07, 6.45) is 5.29. The molecular formula is C12H21BN. The summed E-state index contributed by atoms with van der Waals surface area (Å²) in [5, 5.41) is 3.85. The largest absolute Gasteiger partial charge is 0.306 e. The number of rotatable bonds is 2. The van der Waals surface area contributed by atoms with E-state index < -0.39 is 0 Å². The Kier molecular flexibility index (Phi) is 2.30. The average Bonchev–Trinajstić information content (AvgIpc) is 2.36. The van der Waals surface area contributed by atoms with Crippen molar-refractivity contribution < 1.29 is 0 Å². The van der Waals surface area contributed by atoms with Gasteiger partial charge in [-0.2, -0.15) is 0 Å². The minimum absolute atomic E-state index is 0.158. The van der Waals surface area contributed by atoms with Crippen LogP contribution >= 0.6 is 0 Å². The van der Waals surface area contributed by atoms with Crippen LogP contribution in [-0.2, 0) is 0 Å². The molecule has 1 nitrogen and oxygen atoms in total. The highest BCUT2D eigenvalue weighted by Gasteiger charge is 2.50. The molecule has 1 radical (unpaired) electrons. The summed E-state index contributed by atoms with van der Waals surface area (Å²) in [5.74, 6) is 0. The number of hydrogen-bond donors (Lipinski definition) is 1. The molecular weight excluding hydrogens is 169 g/mol. The third-order valence-corrected chi connectivity index (χ3v) is 4.45. The topological polar surface area (TPSA) is 12.0 Å². The van der Waals surface area contributed by atoms with E-state index >= 15 is 0 Å². The first-order chi connectivity index (χ1) is 6.58. The fourth-order valence-corrected chi connectivity index (χ4v) is 3.19. The second-order valence-electron chi connectivity index (χ2n) is 5.01. The van der Waals surface area contributed by atoms with E-state index in [-0.39, 0.29) is 5.44 Å². The highest BCUT2D eigenvalue weighted by atomic mass is 15.1. The molecule has 1 unspecified atom stereocenters. The van der Waals surface area contributed by atoms with E-state index in [1.807, 2.05) is 0 Å². The first-order valence-corrected chi connectivity index (χ1v) is 5.88. The molecule has 0 aromatic rings. The maximum Gasteiger partial charge on any atom is 0.139 e. The molecule has 2 rings (SSSR count). The second kappa shape index (κ2) is 3.13. The summed E-state index contributed by atoms with van der Waals surface area (Å²) >= 11 is 0. The van der Waals surface area contributed by atoms with E-state index in [2.05, 4.69) is 40.2 Å². The van der Waals surface area contributed by atoms with Crippen LogP contribution in [0.15, 0.2) is 11.1 Å². The lowest BCUT2D eigenvalue weighted by molar-refractivity contribution is 0.226. The Morgan fingerprint density at radius 3 is 2.36 bits per heavy atom. The third-order valence-electron chi connectivity index (χ3n) is 4.45. The molecule has 1 heterocycles. The van der Waals surface area contributed by atoms with Crippen molar-refractivity contribution in [3.63, 3.8) is 0 Å². The van der Waals surface area contributed by atoms with Crippen molar-refractivity contribution in [3.05, 3.63) is 11.1 Å². The summed E-state index contributed by atoms with van der Waals surface area (Å²) < 4.78 is 0. The zero-order valence-electron chi connectivity index (χ0n) is 9.91. The van der Waals surface area contributed by atoms with Gasteiger partial charge in [0.05, 0.1) is 0 Å². The van der Waals surface area contributed by atoms with Gasteiger partial charge in [-0.25, -0.2) is 0 Å². The Morgan fingerprint density at radius 1 is 1.43 bits per heavy atom. The predicted octanol–water partition coefficient (Wildman–Crippen LogP) is 2.71. The van der Waals surface area contributed by atoms with Crippen LogP contribution in [-0.4, -0.2) is 18.3 Å². The van der Waals surface area contributed by atoms with Gasteiger partial charge < -0.3 is 5.32 Å². The molecule has 14 heavy (non-hydrogen) atoms. The van der Waals surface area contributed by atoms with E-state index in [9.17, 15) is 0 Å². The van der Waals surface area contributed by atoms with Crippen LogP contribution in [0.1, 0.15) is 46.5 Å². The molecule has 0 bridgehead atoms. The maximum atomic E-state index is 3.85. The minimum atomic E-state index is 0.158. The van der Waals surface area contributed by atoms with Gasteiger partial charge in [0, 0.05) is 11.0 Å². The standard InChI is InChI=1S/C12H21BN/c1-5-10-9(2)11(3,13-4)14-12(10)7-6-8-12/h14H,5-8H2,1-4H3. The fourth-order valence-electron chi connectivity index (χ4n) is 3.19. The molecule has 1 aliphatic carbocycles. The van der Waals surface area contributed by atoms with Gasteiger partial charge in [-0.05, 0) is 32.6 Å². The maximum absolute atomic E-state index is 3.85. The van der Waals surface area contributed by atoms with Crippen molar-refractivity contribution >= 4 is 7.28 Å². The fraction of sp³-hybridized carbons (Fsp3) is 0.833. The summed E-state index contributed by atoms with van der Waals surface area (Å²) in [5.41, 5.74) is 3.80. The van der Waals surface area contributed by atoms with Crippen LogP contribution < -0.4 is 5.32 Å². The first-order valence-electron chi connectivity index (χ1n) is 5.88. The van der Waals surface area contributed by atoms with Crippen molar-refractivity contribution in [1.29, 1.82) is 0 Å². The van der Waals surface area contributed by atoms with Crippen molar-refractivity contribution in [2.24, 2.45) is 0 Å². The van der Waals surface area contributed by atoms with Gasteiger partial charge in [-0.15, -0.1) is 0 Å². The molecule has 2 heteroatoms. The van der Waals surface area contributed by atoms with Gasteiger partial charge in [0.1, 0.15) is 7.28 Å². The van der Waals surface area contributed by atoms with Gasteiger partial charge in [0.15, 0.2) is 0 Å². The predicted molar refractivity (Wildman–Crippen MR) is 62.7 cm³/mol. The third kappa shape index (κ3) is 1.13. The SMILES string of the molecule is C[B]C1(C)NC2(CCC2)C(CC)=C1C. The van der Waals surface area contributed by atoms with Crippen molar-refractivity contribution in [2.75, 3.05) is 0 Å². The van der Waals surface area contributed by atoms with E-state index in [0.29, 0.717) is 5.54 Å². The Labute approximate surface area is 88.6 Å². The molecule has 0 aromatic carbocycles. The van der Waals surface area contributed by atoms with Gasteiger partial charge in [-0.3, -0.25) is 0 Å². The monoisotopic (exact) mass is 190 g/mol. The molecule has 0 saturated heterocycles. The molecule has 1 fully saturated rings. The lowest BCUT2D eigenvalue weighted by Gasteiger charge is -2.44. The van der Waals surface area contributed by atoms with Crippen molar-refractivity contribution in [1.82, 2.24) is 5.32 Å². The normalized spacial score (nSPS) is 34.9. The summed E-state index contributed by atoms with van der Waals surface area (Å²) in [7, 11) is 2.31. The molecule has 1 aliphatic heterocycles. The summed E-state index contributed by atoms with van der Waals surface area (Å²) in [6.45, 7) is 9.08.